The van der Waals surface area contributed by atoms with Crippen LogP contribution in [0, 0.1) is 6.92 Å². The average Bonchev–Trinajstić information content (AvgIpc) is 3.36. The van der Waals surface area contributed by atoms with Gasteiger partial charge in [-0.3, -0.25) is 0 Å². The molecule has 1 atom stereocenters. The molecule has 0 radical (unpaired) electrons. The van der Waals surface area contributed by atoms with E-state index in [9.17, 15) is 0 Å². The van der Waals surface area contributed by atoms with Crippen LogP contribution in [-0.4, -0.2) is 35.7 Å². The number of para-hydroxylation sites is 3. The molecule has 202 valence electrons. The standard InChI is InChI=1S/C33H28N6O2/c1-21-29-30(22-12-6-4-7-13-22)38-26-17-11-10-16-25(26)35-31(34-23-18-19-27(40-2)28(20-23)41-3)33(38)36-32(29)39(37-21)24-14-8-5-9-15-24/h4-20,30H,1-3H3,(H,34,35)/t30-/m0/s1. The Kier molecular flexibility index (Phi) is 6.00. The monoisotopic (exact) mass is 540 g/mol. The molecule has 0 aliphatic carbocycles. The number of anilines is 2. The Morgan fingerprint density at radius 1 is 0.756 bits per heavy atom. The van der Waals surface area contributed by atoms with Gasteiger partial charge in [-0.25, -0.2) is 14.7 Å². The molecule has 2 aliphatic rings. The topological polar surface area (TPSA) is 76.3 Å². The van der Waals surface area contributed by atoms with Crippen molar-refractivity contribution in [3.05, 3.63) is 120 Å². The first-order valence-electron chi connectivity index (χ1n) is 13.4. The van der Waals surface area contributed by atoms with Crippen LogP contribution >= 0.6 is 0 Å². The Balaban J connectivity index is 1.46. The second-order valence-electron chi connectivity index (χ2n) is 9.83. The highest BCUT2D eigenvalue weighted by atomic mass is 16.5. The van der Waals surface area contributed by atoms with Crippen LogP contribution in [0.2, 0.25) is 0 Å². The van der Waals surface area contributed by atoms with Crippen molar-refractivity contribution in [2.24, 2.45) is 9.98 Å². The van der Waals surface area contributed by atoms with E-state index in [-0.39, 0.29) is 6.04 Å². The lowest BCUT2D eigenvalue weighted by molar-refractivity contribution is 0.355. The maximum absolute atomic E-state index is 5.56. The van der Waals surface area contributed by atoms with Crippen molar-refractivity contribution in [3.63, 3.8) is 0 Å². The molecule has 8 heteroatoms. The number of hydrogen-bond acceptors (Lipinski definition) is 7. The minimum Gasteiger partial charge on any atom is -0.493 e. The number of methoxy groups -OCH3 is 2. The quantitative estimate of drug-likeness (QED) is 0.260. The fraction of sp³-hybridized carbons (Fsp3) is 0.121. The van der Waals surface area contributed by atoms with Crippen LogP contribution < -0.4 is 19.7 Å². The minimum atomic E-state index is -0.171. The van der Waals surface area contributed by atoms with Crippen LogP contribution in [0.1, 0.15) is 22.9 Å². The number of aliphatic imine (C=N–C) groups is 2. The zero-order valence-corrected chi connectivity index (χ0v) is 22.9. The Morgan fingerprint density at radius 3 is 2.22 bits per heavy atom. The summed E-state index contributed by atoms with van der Waals surface area (Å²) in [6, 6.07) is 34.3. The highest BCUT2D eigenvalue weighted by Gasteiger charge is 2.41. The Morgan fingerprint density at radius 2 is 1.46 bits per heavy atom. The first-order chi connectivity index (χ1) is 20.2. The highest BCUT2D eigenvalue weighted by molar-refractivity contribution is 6.51. The summed E-state index contributed by atoms with van der Waals surface area (Å²) in [5.74, 6) is 3.40. The van der Waals surface area contributed by atoms with Gasteiger partial charge in [0.15, 0.2) is 29.0 Å². The molecule has 2 aliphatic heterocycles. The molecule has 0 unspecified atom stereocenters. The number of fused-ring (bicyclic) bond motifs is 4. The predicted molar refractivity (Wildman–Crippen MR) is 163 cm³/mol. The molecule has 0 spiro atoms. The number of rotatable bonds is 5. The number of hydrogen-bond donors (Lipinski definition) is 1. The molecule has 0 saturated carbocycles. The van der Waals surface area contributed by atoms with Gasteiger partial charge in [0.1, 0.15) is 0 Å². The normalized spacial score (nSPS) is 15.2. The van der Waals surface area contributed by atoms with Gasteiger partial charge in [-0.05, 0) is 48.9 Å². The van der Waals surface area contributed by atoms with E-state index in [0.29, 0.717) is 23.2 Å². The van der Waals surface area contributed by atoms with Gasteiger partial charge in [-0.2, -0.15) is 5.10 Å². The van der Waals surface area contributed by atoms with Crippen LogP contribution in [0.3, 0.4) is 0 Å². The maximum Gasteiger partial charge on any atom is 0.179 e. The van der Waals surface area contributed by atoms with E-state index in [1.54, 1.807) is 14.2 Å². The van der Waals surface area contributed by atoms with Crippen molar-refractivity contribution < 1.29 is 9.47 Å². The lowest BCUT2D eigenvalue weighted by atomic mass is 9.93. The van der Waals surface area contributed by atoms with Gasteiger partial charge in [0.2, 0.25) is 0 Å². The van der Waals surface area contributed by atoms with E-state index in [2.05, 4.69) is 47.5 Å². The van der Waals surface area contributed by atoms with Crippen LogP contribution in [0.25, 0.3) is 5.69 Å². The fourth-order valence-corrected chi connectivity index (χ4v) is 5.55. The number of nitrogens with zero attached hydrogens (tertiary/aromatic N) is 5. The van der Waals surface area contributed by atoms with E-state index >= 15 is 0 Å². The van der Waals surface area contributed by atoms with Gasteiger partial charge in [-0.1, -0.05) is 60.7 Å². The van der Waals surface area contributed by atoms with E-state index in [1.807, 2.05) is 77.5 Å². The summed E-state index contributed by atoms with van der Waals surface area (Å²) < 4.78 is 12.9. The van der Waals surface area contributed by atoms with E-state index in [4.69, 9.17) is 24.6 Å². The molecule has 1 N–H and O–H groups in total. The van der Waals surface area contributed by atoms with Crippen molar-refractivity contribution in [2.75, 3.05) is 24.4 Å². The van der Waals surface area contributed by atoms with E-state index in [0.717, 1.165) is 45.4 Å². The summed E-state index contributed by atoms with van der Waals surface area (Å²) >= 11 is 0. The molecule has 4 aromatic carbocycles. The molecule has 0 bridgehead atoms. The molecule has 41 heavy (non-hydrogen) atoms. The predicted octanol–water partition coefficient (Wildman–Crippen LogP) is 6.99. The van der Waals surface area contributed by atoms with Gasteiger partial charge in [-0.15, -0.1) is 0 Å². The smallest absolute Gasteiger partial charge is 0.179 e. The zero-order valence-electron chi connectivity index (χ0n) is 22.9. The Hall–Kier alpha value is -5.37. The fourth-order valence-electron chi connectivity index (χ4n) is 5.55. The number of amidine groups is 2. The van der Waals surface area contributed by atoms with Crippen LogP contribution in [-0.2, 0) is 0 Å². The third-order valence-electron chi connectivity index (χ3n) is 7.40. The summed E-state index contributed by atoms with van der Waals surface area (Å²) in [7, 11) is 3.25. The molecule has 1 aromatic heterocycles. The van der Waals surface area contributed by atoms with Crippen LogP contribution in [0.4, 0.5) is 22.9 Å². The van der Waals surface area contributed by atoms with E-state index < -0.39 is 0 Å². The third kappa shape index (κ3) is 4.12. The molecular weight excluding hydrogens is 512 g/mol. The Labute approximate surface area is 238 Å². The van der Waals surface area contributed by atoms with E-state index in [1.165, 1.54) is 0 Å². The lowest BCUT2D eigenvalue weighted by Crippen LogP contribution is -2.46. The molecule has 0 fully saturated rings. The summed E-state index contributed by atoms with van der Waals surface area (Å²) in [5.41, 5.74) is 6.71. The number of nitrogens with one attached hydrogen (secondary N) is 1. The molecule has 7 rings (SSSR count). The summed E-state index contributed by atoms with van der Waals surface area (Å²) in [5, 5.41) is 8.52. The van der Waals surface area contributed by atoms with Gasteiger partial charge in [0.25, 0.3) is 0 Å². The highest BCUT2D eigenvalue weighted by Crippen LogP contribution is 2.48. The molecular formula is C33H28N6O2. The number of aromatic nitrogens is 2. The van der Waals surface area contributed by atoms with Crippen molar-refractivity contribution in [1.29, 1.82) is 0 Å². The van der Waals surface area contributed by atoms with Crippen molar-refractivity contribution in [1.82, 2.24) is 9.78 Å². The molecule has 8 nitrogen and oxygen atoms in total. The SMILES string of the molecule is COc1ccc(NC2=Nc3ccccc3N3C2=Nc2c(c(C)nn2-c2ccccc2)[C@@H]3c2ccccc2)cc1OC. The van der Waals surface area contributed by atoms with Gasteiger partial charge in [0, 0.05) is 17.3 Å². The van der Waals surface area contributed by atoms with Gasteiger partial charge >= 0.3 is 0 Å². The second kappa shape index (κ2) is 9.98. The first-order valence-corrected chi connectivity index (χ1v) is 13.4. The average molecular weight is 541 g/mol. The zero-order chi connectivity index (χ0) is 27.9. The van der Waals surface area contributed by atoms with Crippen LogP contribution in [0.5, 0.6) is 11.5 Å². The first kappa shape index (κ1) is 24.7. The lowest BCUT2D eigenvalue weighted by Gasteiger charge is -2.40. The number of benzene rings is 4. The van der Waals surface area contributed by atoms with Crippen molar-refractivity contribution in [2.45, 2.75) is 13.0 Å². The third-order valence-corrected chi connectivity index (χ3v) is 7.40. The summed E-state index contributed by atoms with van der Waals surface area (Å²) in [6.07, 6.45) is 0. The van der Waals surface area contributed by atoms with Gasteiger partial charge < -0.3 is 19.7 Å². The van der Waals surface area contributed by atoms with Crippen LogP contribution in [0.15, 0.2) is 113 Å². The molecule has 0 amide bonds. The largest absolute Gasteiger partial charge is 0.493 e. The van der Waals surface area contributed by atoms with Gasteiger partial charge in [0.05, 0.1) is 43.0 Å². The van der Waals surface area contributed by atoms with Crippen molar-refractivity contribution >= 4 is 34.6 Å². The molecule has 3 heterocycles. The number of ether oxygens (including phenoxy) is 2. The van der Waals surface area contributed by atoms with Crippen molar-refractivity contribution in [3.8, 4) is 17.2 Å². The summed E-state index contributed by atoms with van der Waals surface area (Å²) in [4.78, 5) is 12.6. The number of aryl methyl sites for hydroxylation is 1. The Bertz CT molecular complexity index is 1810. The summed E-state index contributed by atoms with van der Waals surface area (Å²) in [6.45, 7) is 2.06. The second-order valence-corrected chi connectivity index (χ2v) is 9.83. The molecule has 5 aromatic rings. The molecule has 0 saturated heterocycles. The minimum absolute atomic E-state index is 0.171. The maximum atomic E-state index is 5.56.